The zero-order valence-corrected chi connectivity index (χ0v) is 10.1. The maximum absolute atomic E-state index is 11.8. The van der Waals surface area contributed by atoms with Crippen molar-refractivity contribution in [2.45, 2.75) is 39.2 Å². The van der Waals surface area contributed by atoms with E-state index in [2.05, 4.69) is 0 Å². The molecule has 0 unspecified atom stereocenters. The van der Waals surface area contributed by atoms with Crippen molar-refractivity contribution in [3.05, 3.63) is 0 Å². The second-order valence-electron chi connectivity index (χ2n) is 5.23. The zero-order chi connectivity index (χ0) is 11.7. The van der Waals surface area contributed by atoms with Crippen LogP contribution in [0, 0.1) is 5.92 Å². The molecule has 0 atom stereocenters. The van der Waals surface area contributed by atoms with E-state index < -0.39 is 0 Å². The number of piperazine rings is 1. The molecule has 1 aliphatic carbocycles. The minimum atomic E-state index is 0.124. The molecule has 2 amide bonds. The first-order chi connectivity index (χ1) is 7.58. The fourth-order valence-electron chi connectivity index (χ4n) is 2.15. The molecule has 0 N–H and O–H groups in total. The largest absolute Gasteiger partial charge is 0.336 e. The number of carbonyl (C=O) groups excluding carboxylic acids is 2. The van der Waals surface area contributed by atoms with Gasteiger partial charge in [0.2, 0.25) is 11.8 Å². The predicted molar refractivity (Wildman–Crippen MR) is 60.8 cm³/mol. The molecular weight excluding hydrogens is 204 g/mol. The molecular formula is C12H20N2O2. The van der Waals surface area contributed by atoms with Crippen molar-refractivity contribution in [2.75, 3.05) is 19.6 Å². The third-order valence-corrected chi connectivity index (χ3v) is 3.18. The average molecular weight is 224 g/mol. The van der Waals surface area contributed by atoms with Crippen LogP contribution in [-0.4, -0.2) is 47.3 Å². The van der Waals surface area contributed by atoms with Gasteiger partial charge in [-0.25, -0.2) is 0 Å². The first kappa shape index (κ1) is 11.4. The molecule has 90 valence electrons. The summed E-state index contributed by atoms with van der Waals surface area (Å²) < 4.78 is 0. The van der Waals surface area contributed by atoms with Crippen molar-refractivity contribution in [1.82, 2.24) is 9.80 Å². The zero-order valence-electron chi connectivity index (χ0n) is 10.1. The van der Waals surface area contributed by atoms with Gasteiger partial charge in [-0.1, -0.05) is 13.8 Å². The van der Waals surface area contributed by atoms with E-state index >= 15 is 0 Å². The molecule has 4 nitrogen and oxygen atoms in total. The number of rotatable bonds is 3. The molecule has 1 aliphatic heterocycles. The lowest BCUT2D eigenvalue weighted by Gasteiger charge is -2.34. The Bertz CT molecular complexity index is 295. The highest BCUT2D eigenvalue weighted by Gasteiger charge is 2.36. The number of hydrogen-bond acceptors (Lipinski definition) is 2. The molecule has 2 rings (SSSR count). The third kappa shape index (κ3) is 2.54. The van der Waals surface area contributed by atoms with Crippen molar-refractivity contribution in [3.63, 3.8) is 0 Å². The molecule has 16 heavy (non-hydrogen) atoms. The van der Waals surface area contributed by atoms with Gasteiger partial charge in [0.15, 0.2) is 0 Å². The van der Waals surface area contributed by atoms with E-state index in [4.69, 9.17) is 0 Å². The van der Waals surface area contributed by atoms with Crippen LogP contribution in [0.3, 0.4) is 0 Å². The van der Waals surface area contributed by atoms with Crippen LogP contribution < -0.4 is 0 Å². The van der Waals surface area contributed by atoms with Gasteiger partial charge in [-0.2, -0.15) is 0 Å². The van der Waals surface area contributed by atoms with Crippen LogP contribution in [0.15, 0.2) is 0 Å². The second kappa shape index (κ2) is 4.44. The summed E-state index contributed by atoms with van der Waals surface area (Å²) in [5, 5.41) is 0. The van der Waals surface area contributed by atoms with Crippen LogP contribution in [-0.2, 0) is 9.59 Å². The summed E-state index contributed by atoms with van der Waals surface area (Å²) in [5.74, 6) is 0.619. The van der Waals surface area contributed by atoms with Crippen molar-refractivity contribution in [2.24, 2.45) is 5.92 Å². The molecule has 0 spiro atoms. The average Bonchev–Trinajstić information content (AvgIpc) is 3.00. The molecule has 0 radical (unpaired) electrons. The third-order valence-electron chi connectivity index (χ3n) is 3.18. The van der Waals surface area contributed by atoms with Crippen LogP contribution in [0.1, 0.15) is 33.1 Å². The second-order valence-corrected chi connectivity index (χ2v) is 5.23. The van der Waals surface area contributed by atoms with Gasteiger partial charge in [0.05, 0.1) is 6.54 Å². The standard InChI is InChI=1S/C12H20N2O2/c1-9(2)7-11(15)13-5-6-14(10-3-4-10)12(16)8-13/h9-10H,3-8H2,1-2H3. The van der Waals surface area contributed by atoms with E-state index in [9.17, 15) is 9.59 Å². The Balaban J connectivity index is 1.86. The highest BCUT2D eigenvalue weighted by Crippen LogP contribution is 2.28. The molecule has 0 aromatic heterocycles. The Kier molecular flexibility index (Phi) is 3.17. The molecule has 1 saturated carbocycles. The summed E-state index contributed by atoms with van der Waals surface area (Å²) in [6.45, 7) is 5.80. The highest BCUT2D eigenvalue weighted by molar-refractivity contribution is 5.86. The lowest BCUT2D eigenvalue weighted by Crippen LogP contribution is -2.53. The fraction of sp³-hybridized carbons (Fsp3) is 0.833. The molecule has 2 fully saturated rings. The van der Waals surface area contributed by atoms with Crippen LogP contribution >= 0.6 is 0 Å². The van der Waals surface area contributed by atoms with E-state index in [1.807, 2.05) is 18.7 Å². The smallest absolute Gasteiger partial charge is 0.242 e. The van der Waals surface area contributed by atoms with Gasteiger partial charge in [-0.15, -0.1) is 0 Å². The van der Waals surface area contributed by atoms with Gasteiger partial charge >= 0.3 is 0 Å². The molecule has 0 aromatic carbocycles. The van der Waals surface area contributed by atoms with Crippen molar-refractivity contribution in [1.29, 1.82) is 0 Å². The summed E-state index contributed by atoms with van der Waals surface area (Å²) >= 11 is 0. The fourth-order valence-corrected chi connectivity index (χ4v) is 2.15. The number of hydrogen-bond donors (Lipinski definition) is 0. The normalized spacial score (nSPS) is 21.8. The van der Waals surface area contributed by atoms with Gasteiger partial charge in [-0.3, -0.25) is 9.59 Å². The molecule has 2 aliphatic rings. The van der Waals surface area contributed by atoms with Crippen molar-refractivity contribution < 1.29 is 9.59 Å². The maximum Gasteiger partial charge on any atom is 0.242 e. The Morgan fingerprint density at radius 3 is 2.56 bits per heavy atom. The minimum Gasteiger partial charge on any atom is -0.336 e. The Morgan fingerprint density at radius 2 is 2.06 bits per heavy atom. The van der Waals surface area contributed by atoms with E-state index in [0.717, 1.165) is 19.4 Å². The highest BCUT2D eigenvalue weighted by atomic mass is 16.2. The number of amides is 2. The lowest BCUT2D eigenvalue weighted by atomic mass is 10.1. The monoisotopic (exact) mass is 224 g/mol. The van der Waals surface area contributed by atoms with Gasteiger partial charge in [0, 0.05) is 25.6 Å². The van der Waals surface area contributed by atoms with Gasteiger partial charge in [-0.05, 0) is 18.8 Å². The quantitative estimate of drug-likeness (QED) is 0.713. The van der Waals surface area contributed by atoms with Crippen molar-refractivity contribution in [3.8, 4) is 0 Å². The Morgan fingerprint density at radius 1 is 1.38 bits per heavy atom. The van der Waals surface area contributed by atoms with E-state index in [0.29, 0.717) is 31.5 Å². The molecule has 4 heteroatoms. The first-order valence-electron chi connectivity index (χ1n) is 6.15. The topological polar surface area (TPSA) is 40.6 Å². The van der Waals surface area contributed by atoms with Crippen molar-refractivity contribution >= 4 is 11.8 Å². The van der Waals surface area contributed by atoms with Gasteiger partial charge in [0.1, 0.15) is 0 Å². The van der Waals surface area contributed by atoms with Crippen LogP contribution in [0.2, 0.25) is 0 Å². The summed E-state index contributed by atoms with van der Waals surface area (Å²) in [6.07, 6.45) is 2.84. The minimum absolute atomic E-state index is 0.124. The SMILES string of the molecule is CC(C)CC(=O)N1CCN(C2CC2)C(=O)C1. The molecule has 0 bridgehead atoms. The number of nitrogens with zero attached hydrogens (tertiary/aromatic N) is 2. The maximum atomic E-state index is 11.8. The molecule has 1 heterocycles. The molecule has 0 aromatic rings. The van der Waals surface area contributed by atoms with E-state index in [-0.39, 0.29) is 11.8 Å². The summed E-state index contributed by atoms with van der Waals surface area (Å²) in [6, 6.07) is 0.481. The van der Waals surface area contributed by atoms with E-state index in [1.54, 1.807) is 4.90 Å². The summed E-state index contributed by atoms with van der Waals surface area (Å²) in [7, 11) is 0. The lowest BCUT2D eigenvalue weighted by molar-refractivity contribution is -0.146. The van der Waals surface area contributed by atoms with Gasteiger partial charge in [0.25, 0.3) is 0 Å². The predicted octanol–water partition coefficient (Wildman–Crippen LogP) is 0.866. The number of carbonyl (C=O) groups is 2. The van der Waals surface area contributed by atoms with Gasteiger partial charge < -0.3 is 9.80 Å². The van der Waals surface area contributed by atoms with Crippen LogP contribution in [0.5, 0.6) is 0 Å². The molecule has 1 saturated heterocycles. The van der Waals surface area contributed by atoms with Crippen LogP contribution in [0.4, 0.5) is 0 Å². The van der Waals surface area contributed by atoms with Crippen LogP contribution in [0.25, 0.3) is 0 Å². The first-order valence-corrected chi connectivity index (χ1v) is 6.15. The Labute approximate surface area is 96.6 Å². The van der Waals surface area contributed by atoms with E-state index in [1.165, 1.54) is 0 Å². The Hall–Kier alpha value is -1.06. The summed E-state index contributed by atoms with van der Waals surface area (Å²) in [5.41, 5.74) is 0. The summed E-state index contributed by atoms with van der Waals surface area (Å²) in [4.78, 5) is 27.3.